The van der Waals surface area contributed by atoms with E-state index >= 15 is 0 Å². The van der Waals surface area contributed by atoms with Gasteiger partial charge in [-0.05, 0) is 41.8 Å². The van der Waals surface area contributed by atoms with Crippen LogP contribution in [0.3, 0.4) is 0 Å². The highest BCUT2D eigenvalue weighted by molar-refractivity contribution is 6.30. The maximum atomic E-state index is 11.1. The lowest BCUT2D eigenvalue weighted by Crippen LogP contribution is -2.16. The van der Waals surface area contributed by atoms with Crippen LogP contribution >= 0.6 is 11.6 Å². The van der Waals surface area contributed by atoms with Crippen LogP contribution in [0.5, 0.6) is 17.2 Å². The predicted molar refractivity (Wildman–Crippen MR) is 99.5 cm³/mol. The van der Waals surface area contributed by atoms with Crippen molar-refractivity contribution in [3.63, 3.8) is 0 Å². The van der Waals surface area contributed by atoms with Gasteiger partial charge in [-0.2, -0.15) is 0 Å². The van der Waals surface area contributed by atoms with E-state index in [0.717, 1.165) is 23.3 Å². The molecule has 0 amide bonds. The van der Waals surface area contributed by atoms with Gasteiger partial charge >= 0.3 is 0 Å². The zero-order valence-corrected chi connectivity index (χ0v) is 15.7. The molecule has 0 saturated heterocycles. The van der Waals surface area contributed by atoms with Crippen molar-refractivity contribution in [2.24, 2.45) is 0 Å². The van der Waals surface area contributed by atoms with E-state index in [2.05, 4.69) is 20.8 Å². The molecule has 0 aliphatic rings. The molecule has 0 aromatic heterocycles. The second kappa shape index (κ2) is 8.26. The summed E-state index contributed by atoms with van der Waals surface area (Å²) in [5.41, 5.74) is 1.41. The predicted octanol–water partition coefficient (Wildman–Crippen LogP) is 4.92. The number of aldehydes is 1. The molecule has 0 radical (unpaired) electrons. The number of hydrogen-bond donors (Lipinski definition) is 0. The summed E-state index contributed by atoms with van der Waals surface area (Å²) >= 11 is 5.87. The zero-order chi connectivity index (χ0) is 18.4. The summed E-state index contributed by atoms with van der Waals surface area (Å²) in [4.78, 5) is 11.1. The number of ether oxygens (including phenoxy) is 3. The van der Waals surface area contributed by atoms with Gasteiger partial charge in [0.05, 0.1) is 12.7 Å². The van der Waals surface area contributed by atoms with Crippen molar-refractivity contribution < 1.29 is 19.0 Å². The van der Waals surface area contributed by atoms with Gasteiger partial charge in [0.2, 0.25) is 0 Å². The molecule has 0 N–H and O–H groups in total. The van der Waals surface area contributed by atoms with Crippen LogP contribution in [0.2, 0.25) is 5.02 Å². The minimum atomic E-state index is -0.0778. The van der Waals surface area contributed by atoms with Crippen LogP contribution in [0.4, 0.5) is 0 Å². The fraction of sp³-hybridized carbons (Fsp3) is 0.350. The second-order valence-corrected chi connectivity index (χ2v) is 7.05. The highest BCUT2D eigenvalue weighted by Crippen LogP contribution is 2.34. The zero-order valence-electron chi connectivity index (χ0n) is 15.0. The highest BCUT2D eigenvalue weighted by atomic mass is 35.5. The molecule has 0 saturated carbocycles. The Hall–Kier alpha value is -2.20. The summed E-state index contributed by atoms with van der Waals surface area (Å²) in [7, 11) is 1.65. The fourth-order valence-corrected chi connectivity index (χ4v) is 2.57. The fourth-order valence-electron chi connectivity index (χ4n) is 2.39. The molecule has 0 heterocycles. The number of halogens is 1. The molecule has 0 atom stereocenters. The van der Waals surface area contributed by atoms with Gasteiger partial charge in [0.1, 0.15) is 30.5 Å². The molecule has 2 rings (SSSR count). The molecule has 2 aromatic carbocycles. The molecular formula is C20H23ClO4. The standard InChI is InChI=1S/C20H23ClO4/c1-20(2,3)17-12-16(23-4)6-8-19(17)25-10-9-24-18-7-5-15(21)11-14(18)13-22/h5-8,11-13H,9-10H2,1-4H3. The number of benzene rings is 2. The molecule has 134 valence electrons. The Morgan fingerprint density at radius 1 is 1.00 bits per heavy atom. The lowest BCUT2D eigenvalue weighted by molar-refractivity contribution is 0.111. The Kier molecular flexibility index (Phi) is 6.32. The first-order valence-electron chi connectivity index (χ1n) is 8.04. The van der Waals surface area contributed by atoms with Gasteiger partial charge in [-0.15, -0.1) is 0 Å². The van der Waals surface area contributed by atoms with E-state index < -0.39 is 0 Å². The van der Waals surface area contributed by atoms with Crippen molar-refractivity contribution in [3.05, 3.63) is 52.5 Å². The summed E-state index contributed by atoms with van der Waals surface area (Å²) in [6, 6.07) is 10.7. The van der Waals surface area contributed by atoms with Crippen LogP contribution in [0.1, 0.15) is 36.7 Å². The number of carbonyl (C=O) groups is 1. The van der Waals surface area contributed by atoms with Gasteiger partial charge in [-0.1, -0.05) is 32.4 Å². The van der Waals surface area contributed by atoms with Crippen molar-refractivity contribution in [2.45, 2.75) is 26.2 Å². The van der Waals surface area contributed by atoms with Gasteiger partial charge in [0, 0.05) is 10.6 Å². The molecule has 0 aliphatic carbocycles. The maximum Gasteiger partial charge on any atom is 0.153 e. The van der Waals surface area contributed by atoms with E-state index in [4.69, 9.17) is 25.8 Å². The molecule has 0 unspecified atom stereocenters. The summed E-state index contributed by atoms with van der Waals surface area (Å²) in [5.74, 6) is 2.09. The normalized spacial score (nSPS) is 11.1. The van der Waals surface area contributed by atoms with E-state index in [9.17, 15) is 4.79 Å². The SMILES string of the molecule is COc1ccc(OCCOc2ccc(Cl)cc2C=O)c(C(C)(C)C)c1. The highest BCUT2D eigenvalue weighted by Gasteiger charge is 2.20. The maximum absolute atomic E-state index is 11.1. The lowest BCUT2D eigenvalue weighted by Gasteiger charge is -2.23. The van der Waals surface area contributed by atoms with Crippen LogP contribution in [-0.4, -0.2) is 26.6 Å². The Morgan fingerprint density at radius 2 is 1.64 bits per heavy atom. The Morgan fingerprint density at radius 3 is 2.24 bits per heavy atom. The van der Waals surface area contributed by atoms with Crippen LogP contribution in [-0.2, 0) is 5.41 Å². The second-order valence-electron chi connectivity index (χ2n) is 6.61. The average molecular weight is 363 g/mol. The molecule has 0 aliphatic heterocycles. The van der Waals surface area contributed by atoms with E-state index in [-0.39, 0.29) is 5.41 Å². The first-order valence-corrected chi connectivity index (χ1v) is 8.42. The van der Waals surface area contributed by atoms with Crippen LogP contribution in [0.25, 0.3) is 0 Å². The lowest BCUT2D eigenvalue weighted by atomic mass is 9.86. The summed E-state index contributed by atoms with van der Waals surface area (Å²) in [5, 5.41) is 0.499. The van der Waals surface area contributed by atoms with Crippen molar-refractivity contribution in [2.75, 3.05) is 20.3 Å². The first-order chi connectivity index (χ1) is 11.8. The van der Waals surface area contributed by atoms with Crippen molar-refractivity contribution in [3.8, 4) is 17.2 Å². The van der Waals surface area contributed by atoms with E-state index in [1.807, 2.05) is 18.2 Å². The topological polar surface area (TPSA) is 44.8 Å². The smallest absolute Gasteiger partial charge is 0.153 e. The molecular weight excluding hydrogens is 340 g/mol. The van der Waals surface area contributed by atoms with Gasteiger partial charge in [0.15, 0.2) is 6.29 Å². The van der Waals surface area contributed by atoms with Crippen molar-refractivity contribution in [1.82, 2.24) is 0 Å². The molecule has 4 nitrogen and oxygen atoms in total. The van der Waals surface area contributed by atoms with Gasteiger partial charge in [-0.3, -0.25) is 4.79 Å². The number of carbonyl (C=O) groups excluding carboxylic acids is 1. The van der Waals surface area contributed by atoms with Crippen LogP contribution in [0.15, 0.2) is 36.4 Å². The Balaban J connectivity index is 2.02. The summed E-state index contributed by atoms with van der Waals surface area (Å²) < 4.78 is 16.8. The largest absolute Gasteiger partial charge is 0.497 e. The van der Waals surface area contributed by atoms with Crippen molar-refractivity contribution >= 4 is 17.9 Å². The Labute approximate surface area is 153 Å². The average Bonchev–Trinajstić information content (AvgIpc) is 2.58. The Bertz CT molecular complexity index is 735. The molecule has 2 aromatic rings. The monoisotopic (exact) mass is 362 g/mol. The van der Waals surface area contributed by atoms with Gasteiger partial charge in [0.25, 0.3) is 0 Å². The molecule has 25 heavy (non-hydrogen) atoms. The molecule has 0 spiro atoms. The minimum absolute atomic E-state index is 0.0778. The molecule has 5 heteroatoms. The van der Waals surface area contributed by atoms with Crippen LogP contribution < -0.4 is 14.2 Å². The summed E-state index contributed by atoms with van der Waals surface area (Å²) in [6.45, 7) is 7.04. The van der Waals surface area contributed by atoms with E-state index in [1.54, 1.807) is 25.3 Å². The number of hydrogen-bond acceptors (Lipinski definition) is 4. The third kappa shape index (κ3) is 5.13. The van der Waals surface area contributed by atoms with Gasteiger partial charge < -0.3 is 14.2 Å². The first kappa shape index (κ1) is 19.1. The third-order valence-electron chi connectivity index (χ3n) is 3.69. The van der Waals surface area contributed by atoms with Crippen molar-refractivity contribution in [1.29, 1.82) is 0 Å². The molecule has 0 fully saturated rings. The minimum Gasteiger partial charge on any atom is -0.497 e. The van der Waals surface area contributed by atoms with E-state index in [0.29, 0.717) is 29.5 Å². The van der Waals surface area contributed by atoms with E-state index in [1.165, 1.54) is 0 Å². The quantitative estimate of drug-likeness (QED) is 0.518. The molecule has 0 bridgehead atoms. The number of rotatable bonds is 7. The summed E-state index contributed by atoms with van der Waals surface area (Å²) in [6.07, 6.45) is 0.725. The number of methoxy groups -OCH3 is 1. The van der Waals surface area contributed by atoms with Crippen LogP contribution in [0, 0.1) is 0 Å². The third-order valence-corrected chi connectivity index (χ3v) is 3.93. The van der Waals surface area contributed by atoms with Gasteiger partial charge in [-0.25, -0.2) is 0 Å².